The van der Waals surface area contributed by atoms with E-state index in [2.05, 4.69) is 17.6 Å². The third-order valence-electron chi connectivity index (χ3n) is 5.29. The van der Waals surface area contributed by atoms with E-state index in [1.54, 1.807) is 0 Å². The molecule has 1 aliphatic heterocycles. The molecule has 2 aliphatic rings. The average Bonchev–Trinajstić information content (AvgIpc) is 2.96. The van der Waals surface area contributed by atoms with E-state index in [1.165, 1.54) is 12.8 Å². The molecule has 120 valence electrons. The van der Waals surface area contributed by atoms with E-state index in [-0.39, 0.29) is 12.5 Å². The Bertz CT molecular complexity index is 372. The lowest BCUT2D eigenvalue weighted by atomic mass is 9.84. The molecule has 0 bridgehead atoms. The average molecular weight is 296 g/mol. The van der Waals surface area contributed by atoms with Crippen molar-refractivity contribution in [3.63, 3.8) is 0 Å². The Balaban J connectivity index is 1.77. The van der Waals surface area contributed by atoms with Gasteiger partial charge >= 0.3 is 5.97 Å². The van der Waals surface area contributed by atoms with Crippen molar-refractivity contribution in [2.75, 3.05) is 19.6 Å². The zero-order chi connectivity index (χ0) is 15.3. The number of carbonyl (C=O) groups is 2. The highest BCUT2D eigenvalue weighted by molar-refractivity contribution is 5.79. The minimum Gasteiger partial charge on any atom is -0.481 e. The van der Waals surface area contributed by atoms with Crippen LogP contribution in [0.1, 0.15) is 51.9 Å². The summed E-state index contributed by atoms with van der Waals surface area (Å²) in [6.45, 7) is 4.49. The number of hydrogen-bond acceptors (Lipinski definition) is 3. The van der Waals surface area contributed by atoms with Gasteiger partial charge < -0.3 is 15.7 Å². The Labute approximate surface area is 126 Å². The maximum Gasteiger partial charge on any atom is 0.311 e. The van der Waals surface area contributed by atoms with E-state index in [4.69, 9.17) is 0 Å². The standard InChI is InChI=1S/C16H28N2O3/c1-12(13-5-4-8-17-10-13)9-14(19)18-11-16(15(20)21)6-2-3-7-16/h12-13,17H,2-11H2,1H3,(H,18,19)(H,20,21). The molecule has 1 amide bonds. The molecular weight excluding hydrogens is 268 g/mol. The highest BCUT2D eigenvalue weighted by atomic mass is 16.4. The first kappa shape index (κ1) is 16.3. The summed E-state index contributed by atoms with van der Waals surface area (Å²) in [6, 6.07) is 0. The first-order valence-electron chi connectivity index (χ1n) is 8.24. The summed E-state index contributed by atoms with van der Waals surface area (Å²) in [4.78, 5) is 23.5. The Morgan fingerprint density at radius 1 is 1.33 bits per heavy atom. The summed E-state index contributed by atoms with van der Waals surface area (Å²) >= 11 is 0. The molecule has 2 fully saturated rings. The molecule has 2 rings (SSSR count). The number of rotatable bonds is 6. The van der Waals surface area contributed by atoms with Gasteiger partial charge in [-0.2, -0.15) is 0 Å². The molecule has 1 saturated heterocycles. The van der Waals surface area contributed by atoms with Crippen LogP contribution in [0.15, 0.2) is 0 Å². The highest BCUT2D eigenvalue weighted by Crippen LogP contribution is 2.37. The maximum absolute atomic E-state index is 12.1. The van der Waals surface area contributed by atoms with Gasteiger partial charge in [0.15, 0.2) is 0 Å². The van der Waals surface area contributed by atoms with Crippen molar-refractivity contribution in [1.82, 2.24) is 10.6 Å². The van der Waals surface area contributed by atoms with Crippen LogP contribution < -0.4 is 10.6 Å². The predicted molar refractivity (Wildman–Crippen MR) is 80.9 cm³/mol. The molecule has 0 aromatic heterocycles. The fourth-order valence-electron chi connectivity index (χ4n) is 3.68. The Kier molecular flexibility index (Phi) is 5.62. The molecule has 0 spiro atoms. The second-order valence-corrected chi connectivity index (χ2v) is 6.86. The molecule has 2 atom stereocenters. The second-order valence-electron chi connectivity index (χ2n) is 6.86. The SMILES string of the molecule is CC(CC(=O)NCC1(C(=O)O)CCCC1)C1CCCNC1. The first-order valence-corrected chi connectivity index (χ1v) is 8.24. The molecule has 5 nitrogen and oxygen atoms in total. The topological polar surface area (TPSA) is 78.4 Å². The maximum atomic E-state index is 12.1. The number of carboxylic acid groups (broad SMARTS) is 1. The number of hydrogen-bond donors (Lipinski definition) is 3. The van der Waals surface area contributed by atoms with Crippen LogP contribution in [-0.2, 0) is 9.59 Å². The van der Waals surface area contributed by atoms with Gasteiger partial charge in [0, 0.05) is 13.0 Å². The summed E-state index contributed by atoms with van der Waals surface area (Å²) in [5, 5.41) is 15.7. The van der Waals surface area contributed by atoms with Gasteiger partial charge in [-0.15, -0.1) is 0 Å². The lowest BCUT2D eigenvalue weighted by Gasteiger charge is -2.29. The lowest BCUT2D eigenvalue weighted by molar-refractivity contribution is -0.148. The summed E-state index contributed by atoms with van der Waals surface area (Å²) < 4.78 is 0. The summed E-state index contributed by atoms with van der Waals surface area (Å²) in [5.41, 5.74) is -0.717. The van der Waals surface area contributed by atoms with E-state index < -0.39 is 11.4 Å². The third kappa shape index (κ3) is 4.19. The van der Waals surface area contributed by atoms with Crippen LogP contribution in [0, 0.1) is 17.3 Å². The van der Waals surface area contributed by atoms with Crippen molar-refractivity contribution in [2.45, 2.75) is 51.9 Å². The smallest absolute Gasteiger partial charge is 0.311 e. The monoisotopic (exact) mass is 296 g/mol. The quantitative estimate of drug-likeness (QED) is 0.698. The molecule has 1 aliphatic carbocycles. The van der Waals surface area contributed by atoms with Gasteiger partial charge in [-0.05, 0) is 50.6 Å². The van der Waals surface area contributed by atoms with Crippen LogP contribution in [0.3, 0.4) is 0 Å². The normalized spacial score (nSPS) is 26.2. The van der Waals surface area contributed by atoms with Crippen molar-refractivity contribution in [3.05, 3.63) is 0 Å². The van der Waals surface area contributed by atoms with Crippen molar-refractivity contribution in [3.8, 4) is 0 Å². The van der Waals surface area contributed by atoms with Gasteiger partial charge in [-0.25, -0.2) is 0 Å². The van der Waals surface area contributed by atoms with E-state index in [0.717, 1.165) is 25.9 Å². The molecule has 21 heavy (non-hydrogen) atoms. The van der Waals surface area contributed by atoms with E-state index in [0.29, 0.717) is 31.1 Å². The zero-order valence-electron chi connectivity index (χ0n) is 13.0. The van der Waals surface area contributed by atoms with Gasteiger partial charge in [0.05, 0.1) is 5.41 Å². The summed E-state index contributed by atoms with van der Waals surface area (Å²) in [6.07, 6.45) is 6.13. The van der Waals surface area contributed by atoms with E-state index in [1.807, 2.05) is 0 Å². The number of carbonyl (C=O) groups excluding carboxylic acids is 1. The molecule has 1 heterocycles. The molecule has 1 saturated carbocycles. The molecule has 0 radical (unpaired) electrons. The lowest BCUT2D eigenvalue weighted by Crippen LogP contribution is -2.42. The van der Waals surface area contributed by atoms with Crippen molar-refractivity contribution >= 4 is 11.9 Å². The molecule has 5 heteroatoms. The van der Waals surface area contributed by atoms with Gasteiger partial charge in [0.2, 0.25) is 5.91 Å². The minimum atomic E-state index is -0.759. The predicted octanol–water partition coefficient (Wildman–Crippen LogP) is 1.77. The van der Waals surface area contributed by atoms with Gasteiger partial charge in [0.1, 0.15) is 0 Å². The van der Waals surface area contributed by atoms with E-state index in [9.17, 15) is 14.7 Å². The highest BCUT2D eigenvalue weighted by Gasteiger charge is 2.41. The minimum absolute atomic E-state index is 0.000554. The number of amides is 1. The molecule has 2 unspecified atom stereocenters. The number of carboxylic acids is 1. The number of piperidine rings is 1. The van der Waals surface area contributed by atoms with Crippen molar-refractivity contribution < 1.29 is 14.7 Å². The molecular formula is C16H28N2O3. The van der Waals surface area contributed by atoms with Crippen LogP contribution in [0.2, 0.25) is 0 Å². The summed E-state index contributed by atoms with van der Waals surface area (Å²) in [7, 11) is 0. The Hall–Kier alpha value is -1.10. The fourth-order valence-corrected chi connectivity index (χ4v) is 3.68. The molecule has 0 aromatic rings. The van der Waals surface area contributed by atoms with Crippen LogP contribution in [-0.4, -0.2) is 36.6 Å². The van der Waals surface area contributed by atoms with Crippen molar-refractivity contribution in [2.24, 2.45) is 17.3 Å². The fraction of sp³-hybridized carbons (Fsp3) is 0.875. The summed E-state index contributed by atoms with van der Waals surface area (Å²) in [5.74, 6) is 0.150. The van der Waals surface area contributed by atoms with Gasteiger partial charge in [0.25, 0.3) is 0 Å². The van der Waals surface area contributed by atoms with Crippen molar-refractivity contribution in [1.29, 1.82) is 0 Å². The van der Waals surface area contributed by atoms with Gasteiger partial charge in [-0.1, -0.05) is 19.8 Å². The van der Waals surface area contributed by atoms with Crippen LogP contribution in [0.5, 0.6) is 0 Å². The molecule has 3 N–H and O–H groups in total. The van der Waals surface area contributed by atoms with Crippen LogP contribution in [0.4, 0.5) is 0 Å². The zero-order valence-corrected chi connectivity index (χ0v) is 13.0. The van der Waals surface area contributed by atoms with Gasteiger partial charge in [-0.3, -0.25) is 9.59 Å². The van der Waals surface area contributed by atoms with E-state index >= 15 is 0 Å². The number of nitrogens with one attached hydrogen (secondary N) is 2. The number of aliphatic carboxylic acids is 1. The largest absolute Gasteiger partial charge is 0.481 e. The first-order chi connectivity index (χ1) is 10.0. The Morgan fingerprint density at radius 2 is 2.05 bits per heavy atom. The van der Waals surface area contributed by atoms with Crippen LogP contribution in [0.25, 0.3) is 0 Å². The van der Waals surface area contributed by atoms with Crippen LogP contribution >= 0.6 is 0 Å². The Morgan fingerprint density at radius 3 is 2.62 bits per heavy atom. The second kappa shape index (κ2) is 7.25. The molecule has 0 aromatic carbocycles. The third-order valence-corrected chi connectivity index (χ3v) is 5.29.